The highest BCUT2D eigenvalue weighted by Gasteiger charge is 2.16. The van der Waals surface area contributed by atoms with Crippen LogP contribution in [-0.2, 0) is 0 Å². The van der Waals surface area contributed by atoms with Crippen molar-refractivity contribution >= 4 is 22.8 Å². The predicted molar refractivity (Wildman–Crippen MR) is 102 cm³/mol. The average Bonchev–Trinajstić information content (AvgIpc) is 3.21. The number of nitrogens with one attached hydrogen (secondary N) is 1. The van der Waals surface area contributed by atoms with E-state index in [2.05, 4.69) is 20.7 Å². The molecule has 2 heterocycles. The molecule has 0 spiro atoms. The lowest BCUT2D eigenvalue weighted by atomic mass is 10.1. The van der Waals surface area contributed by atoms with Crippen molar-refractivity contribution in [3.8, 4) is 11.4 Å². The van der Waals surface area contributed by atoms with E-state index in [1.54, 1.807) is 30.3 Å². The third kappa shape index (κ3) is 3.74. The van der Waals surface area contributed by atoms with E-state index < -0.39 is 11.8 Å². The van der Waals surface area contributed by atoms with Gasteiger partial charge in [0.05, 0.1) is 0 Å². The minimum Gasteiger partial charge on any atom is -0.436 e. The monoisotopic (exact) mass is 389 g/mol. The summed E-state index contributed by atoms with van der Waals surface area (Å²) in [5.41, 5.74) is 9.73. The Labute approximate surface area is 163 Å². The third-order valence-electron chi connectivity index (χ3n) is 4.08. The number of rotatable bonds is 4. The fourth-order valence-electron chi connectivity index (χ4n) is 2.70. The Morgan fingerprint density at radius 3 is 2.72 bits per heavy atom. The number of carbonyl (C=O) groups excluding carboxylic acids is 2. The first-order valence-electron chi connectivity index (χ1n) is 8.59. The van der Waals surface area contributed by atoms with E-state index in [0.29, 0.717) is 16.5 Å². The van der Waals surface area contributed by atoms with E-state index in [0.717, 1.165) is 5.56 Å². The second kappa shape index (κ2) is 7.39. The number of amides is 2. The van der Waals surface area contributed by atoms with E-state index in [-0.39, 0.29) is 22.8 Å². The number of carbonyl (C=O) groups is 2. The van der Waals surface area contributed by atoms with E-state index in [1.807, 2.05) is 25.1 Å². The number of aromatic nitrogens is 2. The van der Waals surface area contributed by atoms with Crippen LogP contribution < -0.4 is 16.7 Å². The zero-order valence-electron chi connectivity index (χ0n) is 15.2. The Balaban J connectivity index is 1.63. The molecule has 0 aliphatic rings. The van der Waals surface area contributed by atoms with Crippen molar-refractivity contribution in [2.45, 2.75) is 6.92 Å². The number of nitrogens with two attached hydrogens (primary N) is 1. The fraction of sp³-hybridized carbons (Fsp3) is 0.0500. The van der Waals surface area contributed by atoms with Crippen molar-refractivity contribution in [2.75, 3.05) is 0 Å². The van der Waals surface area contributed by atoms with Crippen LogP contribution in [0.2, 0.25) is 0 Å². The number of fused-ring (bicyclic) bond motifs is 1. The minimum absolute atomic E-state index is 0.0231. The Morgan fingerprint density at radius 2 is 1.93 bits per heavy atom. The topological polar surface area (TPSA) is 137 Å². The lowest BCUT2D eigenvalue weighted by Crippen LogP contribution is -2.27. The molecule has 144 valence electrons. The van der Waals surface area contributed by atoms with E-state index >= 15 is 0 Å². The van der Waals surface area contributed by atoms with E-state index in [9.17, 15) is 9.59 Å². The first kappa shape index (κ1) is 18.1. The lowest BCUT2D eigenvalue weighted by molar-refractivity contribution is 0.0905. The standard InChI is InChI=1S/C20H15N5O4/c1-11-5-4-7-13(9-11)17-22-20(29-25-17)18(27)23-24-19-14(16(21)26)10-12-6-2-3-8-15(12)28-19/h2-10H,1H3,(H2,21,26)(H,23,27)/b24-19-. The highest BCUT2D eigenvalue weighted by molar-refractivity contribution is 5.95. The summed E-state index contributed by atoms with van der Waals surface area (Å²) in [5.74, 6) is -1.51. The molecule has 0 unspecified atom stereocenters. The largest absolute Gasteiger partial charge is 0.436 e. The summed E-state index contributed by atoms with van der Waals surface area (Å²) < 4.78 is 10.6. The van der Waals surface area contributed by atoms with Crippen LogP contribution in [-0.4, -0.2) is 22.0 Å². The molecule has 2 aromatic carbocycles. The number of hydrogen-bond acceptors (Lipinski definition) is 7. The van der Waals surface area contributed by atoms with Gasteiger partial charge in [-0.2, -0.15) is 4.98 Å². The van der Waals surface area contributed by atoms with Crippen molar-refractivity contribution in [2.24, 2.45) is 10.8 Å². The summed E-state index contributed by atoms with van der Waals surface area (Å²) in [7, 11) is 0. The van der Waals surface area contributed by atoms with Gasteiger partial charge < -0.3 is 14.7 Å². The van der Waals surface area contributed by atoms with Crippen LogP contribution in [0.1, 0.15) is 26.6 Å². The highest BCUT2D eigenvalue weighted by Crippen LogP contribution is 2.17. The van der Waals surface area contributed by atoms with Crippen molar-refractivity contribution < 1.29 is 18.5 Å². The molecule has 0 fully saturated rings. The minimum atomic E-state index is -0.754. The quantitative estimate of drug-likeness (QED) is 0.513. The summed E-state index contributed by atoms with van der Waals surface area (Å²) in [4.78, 5) is 28.1. The molecular formula is C20H15N5O4. The molecule has 3 N–H and O–H groups in total. The summed E-state index contributed by atoms with van der Waals surface area (Å²) in [6, 6.07) is 16.0. The van der Waals surface area contributed by atoms with Gasteiger partial charge in [0, 0.05) is 10.9 Å². The summed E-state index contributed by atoms with van der Waals surface area (Å²) in [5, 5.41) is 8.33. The smallest absolute Gasteiger partial charge is 0.329 e. The molecule has 0 atom stereocenters. The lowest BCUT2D eigenvalue weighted by Gasteiger charge is -2.01. The highest BCUT2D eigenvalue weighted by atomic mass is 16.5. The van der Waals surface area contributed by atoms with Crippen LogP contribution in [0, 0.1) is 6.92 Å². The van der Waals surface area contributed by atoms with E-state index in [4.69, 9.17) is 14.7 Å². The van der Waals surface area contributed by atoms with Crippen LogP contribution >= 0.6 is 0 Å². The zero-order chi connectivity index (χ0) is 20.4. The number of benzene rings is 2. The van der Waals surface area contributed by atoms with Gasteiger partial charge in [-0.25, -0.2) is 5.43 Å². The molecule has 2 aromatic heterocycles. The second-order valence-electron chi connectivity index (χ2n) is 6.21. The van der Waals surface area contributed by atoms with Gasteiger partial charge in [0.1, 0.15) is 11.1 Å². The van der Waals surface area contributed by atoms with Gasteiger partial charge in [-0.1, -0.05) is 47.1 Å². The first-order chi connectivity index (χ1) is 14.0. The first-order valence-corrected chi connectivity index (χ1v) is 8.59. The van der Waals surface area contributed by atoms with Crippen molar-refractivity contribution in [1.82, 2.24) is 15.6 Å². The van der Waals surface area contributed by atoms with Crippen LogP contribution in [0.3, 0.4) is 0 Å². The van der Waals surface area contributed by atoms with Gasteiger partial charge >= 0.3 is 11.8 Å². The van der Waals surface area contributed by atoms with Gasteiger partial charge in [0.2, 0.25) is 11.4 Å². The van der Waals surface area contributed by atoms with Gasteiger partial charge in [0.25, 0.3) is 5.91 Å². The molecule has 29 heavy (non-hydrogen) atoms. The Bertz CT molecular complexity index is 1310. The van der Waals surface area contributed by atoms with Crippen molar-refractivity contribution in [3.63, 3.8) is 0 Å². The third-order valence-corrected chi connectivity index (χ3v) is 4.08. The van der Waals surface area contributed by atoms with Crippen LogP contribution in [0.25, 0.3) is 22.4 Å². The Kier molecular flexibility index (Phi) is 4.62. The van der Waals surface area contributed by atoms with Gasteiger partial charge in [-0.3, -0.25) is 9.59 Å². The number of primary amides is 1. The molecule has 0 aliphatic heterocycles. The molecule has 0 bridgehead atoms. The second-order valence-corrected chi connectivity index (χ2v) is 6.21. The molecule has 0 saturated heterocycles. The molecule has 9 heteroatoms. The van der Waals surface area contributed by atoms with Crippen LogP contribution in [0.5, 0.6) is 0 Å². The van der Waals surface area contributed by atoms with Gasteiger partial charge in [-0.05, 0) is 25.1 Å². The molecule has 0 radical (unpaired) electrons. The van der Waals surface area contributed by atoms with Crippen LogP contribution in [0.15, 0.2) is 68.6 Å². The van der Waals surface area contributed by atoms with Crippen molar-refractivity contribution in [3.05, 3.63) is 77.2 Å². The Morgan fingerprint density at radius 1 is 1.10 bits per heavy atom. The van der Waals surface area contributed by atoms with E-state index in [1.165, 1.54) is 6.07 Å². The predicted octanol–water partition coefficient (Wildman–Crippen LogP) is 2.14. The molecular weight excluding hydrogens is 374 g/mol. The Hall–Kier alpha value is -4.27. The molecule has 0 aliphatic carbocycles. The normalized spacial score (nSPS) is 11.6. The van der Waals surface area contributed by atoms with Crippen LogP contribution in [0.4, 0.5) is 0 Å². The number of aryl methyl sites for hydroxylation is 1. The number of hydrogen-bond donors (Lipinski definition) is 2. The molecule has 0 saturated carbocycles. The number of nitrogens with zero attached hydrogens (tertiary/aromatic N) is 3. The summed E-state index contributed by atoms with van der Waals surface area (Å²) >= 11 is 0. The summed E-state index contributed by atoms with van der Waals surface area (Å²) in [6.45, 7) is 1.93. The molecule has 9 nitrogen and oxygen atoms in total. The molecule has 4 rings (SSSR count). The van der Waals surface area contributed by atoms with Gasteiger partial charge in [-0.15, -0.1) is 5.10 Å². The maximum atomic E-state index is 12.3. The fourth-order valence-corrected chi connectivity index (χ4v) is 2.70. The molecule has 2 amide bonds. The maximum absolute atomic E-state index is 12.3. The zero-order valence-corrected chi connectivity index (χ0v) is 15.2. The average molecular weight is 389 g/mol. The number of para-hydroxylation sites is 1. The maximum Gasteiger partial charge on any atom is 0.329 e. The SMILES string of the molecule is Cc1cccc(-c2noc(C(=O)N/N=c3\oc4ccccc4cc3C(N)=O)n2)c1. The van der Waals surface area contributed by atoms with Gasteiger partial charge in [0.15, 0.2) is 0 Å². The molecule has 4 aromatic rings. The van der Waals surface area contributed by atoms with Crippen molar-refractivity contribution in [1.29, 1.82) is 0 Å². The summed E-state index contributed by atoms with van der Waals surface area (Å²) in [6.07, 6.45) is 0.